The molecule has 0 spiro atoms. The highest BCUT2D eigenvalue weighted by atomic mass is 16.2. The molecule has 2 N–H and O–H groups in total. The highest BCUT2D eigenvalue weighted by Crippen LogP contribution is 2.07. The zero-order valence-electron chi connectivity index (χ0n) is 12.4. The average Bonchev–Trinajstić information content (AvgIpc) is 3.05. The average molecular weight is 308 g/mol. The van der Waals surface area contributed by atoms with Crippen molar-refractivity contribution in [2.24, 2.45) is 0 Å². The molecule has 1 aromatic carbocycles. The van der Waals surface area contributed by atoms with Gasteiger partial charge < -0.3 is 10.3 Å². The third-order valence-electron chi connectivity index (χ3n) is 3.42. The zero-order chi connectivity index (χ0) is 16.1. The van der Waals surface area contributed by atoms with Gasteiger partial charge in [0.05, 0.1) is 11.9 Å². The zero-order valence-corrected chi connectivity index (χ0v) is 12.4. The summed E-state index contributed by atoms with van der Waals surface area (Å²) in [5.74, 6) is -0.373. The standard InChI is InChI=1S/C17H16N4O2/c22-16-15(7-4-9-18-16)17(23)19-10-8-13-11-20-21(12-13)14-5-2-1-3-6-14/h1-7,9,11-12H,8,10H2,(H,18,22)(H,19,23). The van der Waals surface area contributed by atoms with Crippen molar-refractivity contribution in [1.82, 2.24) is 20.1 Å². The lowest BCUT2D eigenvalue weighted by Gasteiger charge is -2.03. The summed E-state index contributed by atoms with van der Waals surface area (Å²) in [6, 6.07) is 12.9. The minimum atomic E-state index is -0.387. The van der Waals surface area contributed by atoms with Crippen molar-refractivity contribution < 1.29 is 4.79 Å². The largest absolute Gasteiger partial charge is 0.352 e. The molecule has 0 bridgehead atoms. The van der Waals surface area contributed by atoms with Crippen LogP contribution in [-0.2, 0) is 6.42 Å². The minimum Gasteiger partial charge on any atom is -0.352 e. The molecule has 0 aliphatic heterocycles. The first-order chi connectivity index (χ1) is 11.2. The molecule has 0 unspecified atom stereocenters. The quantitative estimate of drug-likeness (QED) is 0.750. The van der Waals surface area contributed by atoms with Gasteiger partial charge >= 0.3 is 0 Å². The fraction of sp³-hybridized carbons (Fsp3) is 0.118. The Kier molecular flexibility index (Phi) is 4.33. The van der Waals surface area contributed by atoms with Gasteiger partial charge in [0, 0.05) is 18.9 Å². The number of nitrogens with zero attached hydrogens (tertiary/aromatic N) is 2. The number of benzene rings is 1. The van der Waals surface area contributed by atoms with E-state index in [0.29, 0.717) is 13.0 Å². The SMILES string of the molecule is O=C(NCCc1cnn(-c2ccccc2)c1)c1ccc[nH]c1=O. The molecule has 2 heterocycles. The molecule has 1 amide bonds. The number of amides is 1. The van der Waals surface area contributed by atoms with E-state index in [1.54, 1.807) is 16.9 Å². The Morgan fingerprint density at radius 3 is 2.78 bits per heavy atom. The van der Waals surface area contributed by atoms with Crippen LogP contribution in [0.1, 0.15) is 15.9 Å². The molecular weight excluding hydrogens is 292 g/mol. The summed E-state index contributed by atoms with van der Waals surface area (Å²) in [6.07, 6.45) is 5.84. The maximum atomic E-state index is 11.9. The Bertz CT molecular complexity index is 852. The van der Waals surface area contributed by atoms with Gasteiger partial charge in [0.25, 0.3) is 11.5 Å². The van der Waals surface area contributed by atoms with Crippen LogP contribution in [0.25, 0.3) is 5.69 Å². The Hall–Kier alpha value is -3.15. The number of rotatable bonds is 5. The van der Waals surface area contributed by atoms with E-state index < -0.39 is 0 Å². The second-order valence-corrected chi connectivity index (χ2v) is 5.05. The van der Waals surface area contributed by atoms with Crippen LogP contribution in [0, 0.1) is 0 Å². The smallest absolute Gasteiger partial charge is 0.260 e. The van der Waals surface area contributed by atoms with Gasteiger partial charge in [-0.3, -0.25) is 9.59 Å². The van der Waals surface area contributed by atoms with Crippen LogP contribution in [0.2, 0.25) is 0 Å². The number of hydrogen-bond acceptors (Lipinski definition) is 3. The number of carbonyl (C=O) groups excluding carboxylic acids is 1. The number of para-hydroxylation sites is 1. The summed E-state index contributed by atoms with van der Waals surface area (Å²) in [6.45, 7) is 0.438. The Balaban J connectivity index is 1.58. The molecule has 0 radical (unpaired) electrons. The molecular formula is C17H16N4O2. The topological polar surface area (TPSA) is 79.8 Å². The predicted octanol–water partition coefficient (Wildman–Crippen LogP) is 1.53. The van der Waals surface area contributed by atoms with Gasteiger partial charge in [0.15, 0.2) is 0 Å². The van der Waals surface area contributed by atoms with E-state index in [1.807, 2.05) is 36.5 Å². The monoisotopic (exact) mass is 308 g/mol. The Morgan fingerprint density at radius 2 is 2.00 bits per heavy atom. The maximum absolute atomic E-state index is 11.9. The molecule has 23 heavy (non-hydrogen) atoms. The molecule has 6 nitrogen and oxygen atoms in total. The van der Waals surface area contributed by atoms with Crippen molar-refractivity contribution in [3.63, 3.8) is 0 Å². The normalized spacial score (nSPS) is 10.4. The molecule has 0 aliphatic rings. The number of carbonyl (C=O) groups is 1. The predicted molar refractivity (Wildman–Crippen MR) is 86.7 cm³/mol. The third kappa shape index (κ3) is 3.55. The van der Waals surface area contributed by atoms with Crippen LogP contribution in [0.3, 0.4) is 0 Å². The van der Waals surface area contributed by atoms with Crippen LogP contribution in [0.5, 0.6) is 0 Å². The number of nitrogens with one attached hydrogen (secondary N) is 2. The summed E-state index contributed by atoms with van der Waals surface area (Å²) in [7, 11) is 0. The van der Waals surface area contributed by atoms with Crippen LogP contribution in [-0.4, -0.2) is 27.2 Å². The summed E-state index contributed by atoms with van der Waals surface area (Å²) in [5.41, 5.74) is 1.73. The molecule has 3 rings (SSSR count). The van der Waals surface area contributed by atoms with Crippen molar-refractivity contribution in [3.8, 4) is 5.69 Å². The first-order valence-corrected chi connectivity index (χ1v) is 7.29. The van der Waals surface area contributed by atoms with Crippen molar-refractivity contribution in [2.75, 3.05) is 6.54 Å². The van der Waals surface area contributed by atoms with Gasteiger partial charge in [-0.05, 0) is 36.2 Å². The number of hydrogen-bond donors (Lipinski definition) is 2. The first-order valence-electron chi connectivity index (χ1n) is 7.29. The van der Waals surface area contributed by atoms with E-state index in [1.165, 1.54) is 12.3 Å². The second-order valence-electron chi connectivity index (χ2n) is 5.05. The summed E-state index contributed by atoms with van der Waals surface area (Å²) in [4.78, 5) is 25.9. The van der Waals surface area contributed by atoms with Crippen LogP contribution >= 0.6 is 0 Å². The van der Waals surface area contributed by atoms with Crippen molar-refractivity contribution in [3.05, 3.63) is 82.5 Å². The third-order valence-corrected chi connectivity index (χ3v) is 3.42. The van der Waals surface area contributed by atoms with E-state index in [9.17, 15) is 9.59 Å². The molecule has 0 aliphatic carbocycles. The minimum absolute atomic E-state index is 0.118. The van der Waals surface area contributed by atoms with Crippen molar-refractivity contribution in [2.45, 2.75) is 6.42 Å². The molecule has 0 atom stereocenters. The lowest BCUT2D eigenvalue weighted by molar-refractivity contribution is 0.0952. The first kappa shape index (κ1) is 14.8. The van der Waals surface area contributed by atoms with Crippen molar-refractivity contribution >= 4 is 5.91 Å². The van der Waals surface area contributed by atoms with Gasteiger partial charge in [-0.2, -0.15) is 5.10 Å². The van der Waals surface area contributed by atoms with Gasteiger partial charge in [0.1, 0.15) is 5.56 Å². The van der Waals surface area contributed by atoms with Gasteiger partial charge in [0.2, 0.25) is 0 Å². The number of aromatic nitrogens is 3. The molecule has 0 saturated carbocycles. The number of H-pyrrole nitrogens is 1. The van der Waals surface area contributed by atoms with E-state index in [4.69, 9.17) is 0 Å². The van der Waals surface area contributed by atoms with Crippen molar-refractivity contribution in [1.29, 1.82) is 0 Å². The molecule has 116 valence electrons. The summed E-state index contributed by atoms with van der Waals surface area (Å²) >= 11 is 0. The van der Waals surface area contributed by atoms with E-state index in [2.05, 4.69) is 15.4 Å². The summed E-state index contributed by atoms with van der Waals surface area (Å²) in [5, 5.41) is 7.05. The Labute approximate surface area is 132 Å². The molecule has 2 aromatic heterocycles. The number of aromatic amines is 1. The van der Waals surface area contributed by atoms with Gasteiger partial charge in [-0.1, -0.05) is 18.2 Å². The molecule has 0 saturated heterocycles. The van der Waals surface area contributed by atoms with Crippen LogP contribution in [0.15, 0.2) is 65.8 Å². The highest BCUT2D eigenvalue weighted by molar-refractivity contribution is 5.93. The molecule has 0 fully saturated rings. The lowest BCUT2D eigenvalue weighted by atomic mass is 10.2. The fourth-order valence-corrected chi connectivity index (χ4v) is 2.23. The summed E-state index contributed by atoms with van der Waals surface area (Å²) < 4.78 is 1.79. The van der Waals surface area contributed by atoms with E-state index in [0.717, 1.165) is 11.3 Å². The van der Waals surface area contributed by atoms with Crippen LogP contribution < -0.4 is 10.9 Å². The second kappa shape index (κ2) is 6.74. The van der Waals surface area contributed by atoms with Gasteiger partial charge in [-0.15, -0.1) is 0 Å². The highest BCUT2D eigenvalue weighted by Gasteiger charge is 2.09. The van der Waals surface area contributed by atoms with E-state index in [-0.39, 0.29) is 17.0 Å². The van der Waals surface area contributed by atoms with E-state index >= 15 is 0 Å². The number of pyridine rings is 1. The molecule has 3 aromatic rings. The fourth-order valence-electron chi connectivity index (χ4n) is 2.23. The Morgan fingerprint density at radius 1 is 1.17 bits per heavy atom. The lowest BCUT2D eigenvalue weighted by Crippen LogP contribution is -2.30. The molecule has 6 heteroatoms. The van der Waals surface area contributed by atoms with Crippen LogP contribution in [0.4, 0.5) is 0 Å². The van der Waals surface area contributed by atoms with Gasteiger partial charge in [-0.25, -0.2) is 4.68 Å². The maximum Gasteiger partial charge on any atom is 0.260 e.